The van der Waals surface area contributed by atoms with Gasteiger partial charge in [-0.2, -0.15) is 0 Å². The average Bonchev–Trinajstić information content (AvgIpc) is 3.95. The van der Waals surface area contributed by atoms with Gasteiger partial charge in [-0.1, -0.05) is 46.8 Å². The Kier molecular flexibility index (Phi) is 18.8. The van der Waals surface area contributed by atoms with Crippen LogP contribution in [0.25, 0.3) is 0 Å². The molecule has 24 nitrogen and oxygen atoms in total. The molecule has 16 N–H and O–H groups in total. The maximum Gasteiger partial charge on any atom is 0.187 e. The number of aliphatic hydroxyl groups is 16. The molecule has 4 saturated carbocycles. The van der Waals surface area contributed by atoms with Gasteiger partial charge in [-0.05, 0) is 117 Å². The largest absolute Gasteiger partial charge is 0.394 e. The summed E-state index contributed by atoms with van der Waals surface area (Å²) in [5, 5.41) is 173. The van der Waals surface area contributed by atoms with Gasteiger partial charge in [0.05, 0.1) is 49.8 Å². The van der Waals surface area contributed by atoms with Crippen LogP contribution in [0.4, 0.5) is 0 Å². The molecular weight excluding hydrogens is 1030 g/mol. The summed E-state index contributed by atoms with van der Waals surface area (Å²) in [5.74, 6) is -0.746. The lowest BCUT2D eigenvalue weighted by Gasteiger charge is -2.71. The molecule has 0 aromatic rings. The third-order valence-corrected chi connectivity index (χ3v) is 20.7. The van der Waals surface area contributed by atoms with E-state index in [0.717, 1.165) is 12.8 Å². The molecule has 452 valence electrons. The van der Waals surface area contributed by atoms with Crippen LogP contribution in [0.3, 0.4) is 0 Å². The van der Waals surface area contributed by atoms with Gasteiger partial charge in [-0.25, -0.2) is 0 Å². The average molecular weight is 1130 g/mol. The van der Waals surface area contributed by atoms with Gasteiger partial charge in [-0.15, -0.1) is 0 Å². The van der Waals surface area contributed by atoms with Crippen molar-refractivity contribution in [3.05, 3.63) is 12.2 Å². The number of rotatable bonds is 16. The molecule has 8 aliphatic rings. The van der Waals surface area contributed by atoms with Gasteiger partial charge in [0.25, 0.3) is 0 Å². The molecule has 78 heavy (non-hydrogen) atoms. The first-order valence-electron chi connectivity index (χ1n) is 28.0. The highest BCUT2D eigenvalue weighted by atomic mass is 16.8. The number of fused-ring (bicyclic) bond motifs is 5. The van der Waals surface area contributed by atoms with Crippen LogP contribution in [-0.4, -0.2) is 254 Å². The van der Waals surface area contributed by atoms with Gasteiger partial charge < -0.3 is 120 Å². The highest BCUT2D eigenvalue weighted by Gasteiger charge is 2.72. The highest BCUT2D eigenvalue weighted by molar-refractivity contribution is 5.21. The minimum Gasteiger partial charge on any atom is -0.394 e. The third-order valence-electron chi connectivity index (χ3n) is 20.7. The van der Waals surface area contributed by atoms with E-state index in [0.29, 0.717) is 32.1 Å². The predicted molar refractivity (Wildman–Crippen MR) is 268 cm³/mol. The maximum absolute atomic E-state index is 12.8. The van der Waals surface area contributed by atoms with E-state index in [1.165, 1.54) is 0 Å². The maximum atomic E-state index is 12.8. The van der Waals surface area contributed by atoms with Crippen LogP contribution in [0, 0.1) is 45.3 Å². The Morgan fingerprint density at radius 2 is 1.03 bits per heavy atom. The normalized spacial score (nSPS) is 52.6. The van der Waals surface area contributed by atoms with Crippen molar-refractivity contribution in [2.45, 2.75) is 253 Å². The molecule has 0 bridgehead atoms. The van der Waals surface area contributed by atoms with Crippen LogP contribution in [0.15, 0.2) is 12.2 Å². The lowest BCUT2D eigenvalue weighted by Crippen LogP contribution is -2.68. The van der Waals surface area contributed by atoms with E-state index in [2.05, 4.69) is 34.6 Å². The SMILES string of the molecule is CC(C)(O)C=CCC(C)(OC1OC(COC2OC(CO)C(O)C(O)C2O)C(O)C(O)C1O)C1CCC2(C)C1C(O)CC1C3(C)CCC(OC4OC(CO)C(O)C(O)C4OC4OC(CO)C(O)C(O)C4O)C(C)(C)C3CCC12C. The summed E-state index contributed by atoms with van der Waals surface area (Å²) in [6, 6.07) is 0. The van der Waals surface area contributed by atoms with E-state index >= 15 is 0 Å². The van der Waals surface area contributed by atoms with Gasteiger partial charge in [0.1, 0.15) is 97.7 Å². The molecule has 30 unspecified atom stereocenters. The van der Waals surface area contributed by atoms with E-state index in [1.807, 2.05) is 6.92 Å². The van der Waals surface area contributed by atoms with Gasteiger partial charge in [0, 0.05) is 0 Å². The fourth-order valence-electron chi connectivity index (χ4n) is 16.1. The van der Waals surface area contributed by atoms with Crippen molar-refractivity contribution in [2.75, 3.05) is 26.4 Å². The summed E-state index contributed by atoms with van der Waals surface area (Å²) < 4.78 is 48.7. The van der Waals surface area contributed by atoms with Crippen LogP contribution in [0.5, 0.6) is 0 Å². The number of ether oxygens (including phenoxy) is 8. The molecule has 4 aliphatic heterocycles. The Labute approximate surface area is 455 Å². The number of hydrogen-bond donors (Lipinski definition) is 16. The zero-order valence-electron chi connectivity index (χ0n) is 46.1. The van der Waals surface area contributed by atoms with Crippen molar-refractivity contribution in [2.24, 2.45) is 45.3 Å². The van der Waals surface area contributed by atoms with E-state index in [-0.39, 0.29) is 40.9 Å². The molecule has 0 aromatic carbocycles. The fraction of sp³-hybridized carbons (Fsp3) is 0.963. The van der Waals surface area contributed by atoms with Crippen LogP contribution in [0.1, 0.15) is 107 Å². The summed E-state index contributed by atoms with van der Waals surface area (Å²) in [5.41, 5.74) is -4.24. The molecular formula is C54H92O24. The van der Waals surface area contributed by atoms with Crippen LogP contribution in [0.2, 0.25) is 0 Å². The van der Waals surface area contributed by atoms with Gasteiger partial charge in [0.2, 0.25) is 0 Å². The molecule has 0 amide bonds. The zero-order valence-corrected chi connectivity index (χ0v) is 46.1. The number of aliphatic hydroxyl groups excluding tert-OH is 15. The molecule has 24 heteroatoms. The van der Waals surface area contributed by atoms with Crippen molar-refractivity contribution in [1.82, 2.24) is 0 Å². The summed E-state index contributed by atoms with van der Waals surface area (Å²) in [4.78, 5) is 0. The second-order valence-electron chi connectivity index (χ2n) is 26.2. The van der Waals surface area contributed by atoms with E-state index in [9.17, 15) is 81.7 Å². The molecule has 4 heterocycles. The first-order chi connectivity index (χ1) is 36.3. The predicted octanol–water partition coefficient (Wildman–Crippen LogP) is -3.23. The molecule has 8 rings (SSSR count). The lowest BCUT2D eigenvalue weighted by molar-refractivity contribution is -0.378. The van der Waals surface area contributed by atoms with Crippen molar-refractivity contribution < 1.29 is 120 Å². The minimum absolute atomic E-state index is 0.00485. The highest BCUT2D eigenvalue weighted by Crippen LogP contribution is 2.76. The van der Waals surface area contributed by atoms with Crippen molar-refractivity contribution in [1.29, 1.82) is 0 Å². The molecule has 0 radical (unpaired) electrons. The first-order valence-corrected chi connectivity index (χ1v) is 28.0. The quantitative estimate of drug-likeness (QED) is 0.0534. The molecule has 4 saturated heterocycles. The Morgan fingerprint density at radius 1 is 0.526 bits per heavy atom. The Bertz CT molecular complexity index is 2030. The zero-order chi connectivity index (χ0) is 57.6. The van der Waals surface area contributed by atoms with E-state index in [4.69, 9.17) is 37.9 Å². The summed E-state index contributed by atoms with van der Waals surface area (Å²) in [6.07, 6.45) is -25.7. The fourth-order valence-corrected chi connectivity index (χ4v) is 16.1. The van der Waals surface area contributed by atoms with Gasteiger partial charge in [0.15, 0.2) is 25.2 Å². The Balaban J connectivity index is 1.02. The second-order valence-corrected chi connectivity index (χ2v) is 26.2. The van der Waals surface area contributed by atoms with Crippen molar-refractivity contribution in [3.63, 3.8) is 0 Å². The molecule has 0 spiro atoms. The smallest absolute Gasteiger partial charge is 0.187 e. The monoisotopic (exact) mass is 1120 g/mol. The summed E-state index contributed by atoms with van der Waals surface area (Å²) in [7, 11) is 0. The van der Waals surface area contributed by atoms with E-state index < -0.39 is 183 Å². The number of hydrogen-bond acceptors (Lipinski definition) is 24. The lowest BCUT2D eigenvalue weighted by atomic mass is 9.35. The summed E-state index contributed by atoms with van der Waals surface area (Å²) >= 11 is 0. The van der Waals surface area contributed by atoms with E-state index in [1.54, 1.807) is 26.0 Å². The van der Waals surface area contributed by atoms with Crippen LogP contribution < -0.4 is 0 Å². The van der Waals surface area contributed by atoms with Crippen LogP contribution >= 0.6 is 0 Å². The standard InChI is InChI=1S/C54H92O24/c1-49(2,70)13-9-14-54(8,78-47-43(69)39(65)36(62)28(75-47)22-71-45-41(67)37(63)33(59)25(19-55)72-45)23-10-16-53(7)32(23)24(58)18-30-51(5)15-12-31(50(3,4)29(51)11-17-52(30,53)6)76-48-44(40(66)35(61)27(21-57)74-48)77-46-42(68)38(64)34(60)26(20-56)73-46/h9,13,23-48,55-70H,10-12,14-22H2,1-8H3. The first kappa shape index (κ1) is 62.8. The third kappa shape index (κ3) is 11.1. The van der Waals surface area contributed by atoms with Crippen molar-refractivity contribution >= 4 is 0 Å². The molecule has 8 fully saturated rings. The minimum atomic E-state index is -1.83. The topological polar surface area (TPSA) is 398 Å². The Hall–Kier alpha value is -1.22. The second kappa shape index (κ2) is 23.3. The van der Waals surface area contributed by atoms with Crippen LogP contribution in [-0.2, 0) is 37.9 Å². The Morgan fingerprint density at radius 3 is 1.60 bits per heavy atom. The molecule has 4 aliphatic carbocycles. The van der Waals surface area contributed by atoms with Gasteiger partial charge in [-0.3, -0.25) is 0 Å². The summed E-state index contributed by atoms with van der Waals surface area (Å²) in [6.45, 7) is 13.5. The molecule has 30 atom stereocenters. The molecule has 0 aromatic heterocycles. The van der Waals surface area contributed by atoms with Crippen molar-refractivity contribution in [3.8, 4) is 0 Å². The van der Waals surface area contributed by atoms with Gasteiger partial charge >= 0.3 is 0 Å².